The molecule has 4 N–H and O–H groups in total. The summed E-state index contributed by atoms with van der Waals surface area (Å²) in [6.45, 7) is -0.687. The van der Waals surface area contributed by atoms with Crippen molar-refractivity contribution in [1.29, 1.82) is 0 Å². The van der Waals surface area contributed by atoms with E-state index >= 15 is 0 Å². The third-order valence-electron chi connectivity index (χ3n) is 2.03. The molecule has 0 bridgehead atoms. The summed E-state index contributed by atoms with van der Waals surface area (Å²) < 4.78 is 13.7. The maximum Gasteiger partial charge on any atom is 0.469 e. The van der Waals surface area contributed by atoms with Gasteiger partial charge in [-0.1, -0.05) is 18.2 Å². The van der Waals surface area contributed by atoms with Gasteiger partial charge in [0.2, 0.25) is 0 Å². The van der Waals surface area contributed by atoms with Gasteiger partial charge < -0.3 is 24.7 Å². The highest BCUT2D eigenvalue weighted by Crippen LogP contribution is 2.35. The van der Waals surface area contributed by atoms with Crippen LogP contribution >= 0.6 is 7.82 Å². The van der Waals surface area contributed by atoms with Crippen molar-refractivity contribution in [2.75, 3.05) is 6.61 Å². The molecular formula is C11H14NO6P. The van der Waals surface area contributed by atoms with Crippen LogP contribution in [0.15, 0.2) is 36.5 Å². The number of para-hydroxylation sites is 1. The Morgan fingerprint density at radius 3 is 2.58 bits per heavy atom. The maximum absolute atomic E-state index is 9.90. The van der Waals surface area contributed by atoms with Crippen molar-refractivity contribution in [3.8, 4) is 0 Å². The van der Waals surface area contributed by atoms with Gasteiger partial charge in [-0.2, -0.15) is 0 Å². The monoisotopic (exact) mass is 287 g/mol. The molecule has 1 aromatic carbocycles. The molecule has 1 aromatic heterocycles. The Morgan fingerprint density at radius 1 is 1.32 bits per heavy atom. The number of aromatic nitrogens is 1. The van der Waals surface area contributed by atoms with Crippen LogP contribution in [0.5, 0.6) is 0 Å². The molecule has 0 amide bonds. The van der Waals surface area contributed by atoms with E-state index in [4.69, 9.17) is 14.9 Å². The standard InChI is InChI=1S/C8H7N.C3H7O6P/c1-2-4-8-7(3-1)5-6-9-8;4-1-3(5)2-9-10(6,7)8/h1-6,9H;1,3,5H,2H2,(H2,6,7,8). The summed E-state index contributed by atoms with van der Waals surface area (Å²) in [5, 5.41) is 9.66. The molecule has 19 heavy (non-hydrogen) atoms. The first-order chi connectivity index (χ1) is 8.92. The van der Waals surface area contributed by atoms with Crippen LogP contribution in [-0.2, 0) is 13.9 Å². The molecule has 7 nitrogen and oxygen atoms in total. The Hall–Kier alpha value is -1.50. The van der Waals surface area contributed by atoms with Crippen LogP contribution in [0.25, 0.3) is 10.9 Å². The predicted molar refractivity (Wildman–Crippen MR) is 68.4 cm³/mol. The second-order valence-corrected chi connectivity index (χ2v) is 4.79. The van der Waals surface area contributed by atoms with Gasteiger partial charge in [-0.15, -0.1) is 0 Å². The molecule has 8 heteroatoms. The topological polar surface area (TPSA) is 120 Å². The summed E-state index contributed by atoms with van der Waals surface area (Å²) in [6, 6.07) is 10.3. The van der Waals surface area contributed by atoms with E-state index in [2.05, 4.69) is 27.7 Å². The normalized spacial score (nSPS) is 12.6. The number of H-pyrrole nitrogens is 1. The zero-order chi connectivity index (χ0) is 14.3. The largest absolute Gasteiger partial charge is 0.469 e. The Balaban J connectivity index is 0.000000190. The molecule has 0 radical (unpaired) electrons. The average molecular weight is 287 g/mol. The number of aliphatic hydroxyl groups excluding tert-OH is 1. The SMILES string of the molecule is O=CC(O)COP(=O)(O)O.c1ccc2[nH]ccc2c1. The minimum Gasteiger partial charge on any atom is -0.383 e. The van der Waals surface area contributed by atoms with Gasteiger partial charge in [0.1, 0.15) is 6.10 Å². The highest BCUT2D eigenvalue weighted by Gasteiger charge is 2.15. The van der Waals surface area contributed by atoms with E-state index in [1.54, 1.807) is 0 Å². The number of fused-ring (bicyclic) bond motifs is 1. The minimum atomic E-state index is -4.55. The first-order valence-corrected chi connectivity index (χ1v) is 6.81. The molecular weight excluding hydrogens is 273 g/mol. The number of hydrogen-bond donors (Lipinski definition) is 4. The van der Waals surface area contributed by atoms with E-state index < -0.39 is 20.5 Å². The van der Waals surface area contributed by atoms with Crippen LogP contribution in [0.2, 0.25) is 0 Å². The first-order valence-electron chi connectivity index (χ1n) is 5.28. The number of phosphoric ester groups is 1. The van der Waals surface area contributed by atoms with Crippen LogP contribution in [0.1, 0.15) is 0 Å². The second-order valence-electron chi connectivity index (χ2n) is 3.55. The van der Waals surface area contributed by atoms with Gasteiger partial charge in [-0.3, -0.25) is 4.52 Å². The fourth-order valence-electron chi connectivity index (χ4n) is 1.21. The van der Waals surface area contributed by atoms with Crippen molar-refractivity contribution in [3.63, 3.8) is 0 Å². The Kier molecular flexibility index (Phi) is 5.88. The van der Waals surface area contributed by atoms with Crippen LogP contribution in [-0.4, -0.2) is 38.9 Å². The van der Waals surface area contributed by atoms with Gasteiger partial charge in [0, 0.05) is 11.7 Å². The van der Waals surface area contributed by atoms with Crippen LogP contribution < -0.4 is 0 Å². The van der Waals surface area contributed by atoms with Crippen molar-refractivity contribution >= 4 is 25.0 Å². The maximum atomic E-state index is 9.90. The molecule has 1 atom stereocenters. The first kappa shape index (κ1) is 15.6. The van der Waals surface area contributed by atoms with E-state index in [9.17, 15) is 9.36 Å². The lowest BCUT2D eigenvalue weighted by Crippen LogP contribution is -2.15. The number of phosphoric acid groups is 1. The highest BCUT2D eigenvalue weighted by molar-refractivity contribution is 7.46. The van der Waals surface area contributed by atoms with E-state index in [1.165, 1.54) is 10.9 Å². The number of rotatable bonds is 4. The summed E-state index contributed by atoms with van der Waals surface area (Å²) in [5.74, 6) is 0. The molecule has 0 saturated carbocycles. The molecule has 0 fully saturated rings. The van der Waals surface area contributed by atoms with E-state index in [1.807, 2.05) is 18.3 Å². The van der Waals surface area contributed by atoms with Gasteiger partial charge in [0.05, 0.1) is 6.61 Å². The summed E-state index contributed by atoms with van der Waals surface area (Å²) in [6.07, 6.45) is 0.591. The molecule has 1 unspecified atom stereocenters. The van der Waals surface area contributed by atoms with Gasteiger partial charge in [-0.25, -0.2) is 4.57 Å². The smallest absolute Gasteiger partial charge is 0.383 e. The minimum absolute atomic E-state index is 0.121. The third kappa shape index (κ3) is 6.28. The molecule has 0 aliphatic rings. The van der Waals surface area contributed by atoms with Gasteiger partial charge in [0.25, 0.3) is 0 Å². The van der Waals surface area contributed by atoms with Crippen molar-refractivity contribution in [1.82, 2.24) is 4.98 Å². The number of carbonyl (C=O) groups is 1. The van der Waals surface area contributed by atoms with Crippen molar-refractivity contribution < 1.29 is 28.8 Å². The zero-order valence-corrected chi connectivity index (χ0v) is 10.7. The lowest BCUT2D eigenvalue weighted by atomic mass is 10.3. The van der Waals surface area contributed by atoms with Gasteiger partial charge in [0.15, 0.2) is 6.29 Å². The molecule has 0 saturated heterocycles. The number of hydrogen-bond acceptors (Lipinski definition) is 4. The lowest BCUT2D eigenvalue weighted by molar-refractivity contribution is -0.116. The van der Waals surface area contributed by atoms with Crippen molar-refractivity contribution in [2.45, 2.75) is 6.10 Å². The quantitative estimate of drug-likeness (QED) is 0.488. The number of aliphatic hydroxyl groups is 1. The predicted octanol–water partition coefficient (Wildman–Crippen LogP) is 0.823. The van der Waals surface area contributed by atoms with E-state index in [0.29, 0.717) is 0 Å². The summed E-state index contributed by atoms with van der Waals surface area (Å²) in [5.41, 5.74) is 1.21. The lowest BCUT2D eigenvalue weighted by Gasteiger charge is -2.04. The molecule has 2 rings (SSSR count). The number of aldehydes is 1. The van der Waals surface area contributed by atoms with Crippen molar-refractivity contribution in [2.24, 2.45) is 0 Å². The number of nitrogens with one attached hydrogen (secondary N) is 1. The van der Waals surface area contributed by atoms with E-state index in [-0.39, 0.29) is 6.29 Å². The number of aromatic amines is 1. The van der Waals surface area contributed by atoms with Gasteiger partial charge >= 0.3 is 7.82 Å². The Morgan fingerprint density at radius 2 is 2.00 bits per heavy atom. The molecule has 1 heterocycles. The van der Waals surface area contributed by atoms with Crippen LogP contribution in [0, 0.1) is 0 Å². The third-order valence-corrected chi connectivity index (χ3v) is 2.52. The van der Waals surface area contributed by atoms with Crippen molar-refractivity contribution in [3.05, 3.63) is 36.5 Å². The number of carbonyl (C=O) groups excluding carboxylic acids is 1. The fraction of sp³-hybridized carbons (Fsp3) is 0.182. The van der Waals surface area contributed by atoms with Crippen LogP contribution in [0.4, 0.5) is 0 Å². The summed E-state index contributed by atoms with van der Waals surface area (Å²) >= 11 is 0. The molecule has 0 aliphatic carbocycles. The second kappa shape index (κ2) is 7.18. The average Bonchev–Trinajstić information content (AvgIpc) is 2.84. The highest BCUT2D eigenvalue weighted by atomic mass is 31.2. The van der Waals surface area contributed by atoms with E-state index in [0.717, 1.165) is 0 Å². The molecule has 2 aromatic rings. The molecule has 0 aliphatic heterocycles. The zero-order valence-electron chi connectivity index (χ0n) is 9.84. The Labute approximate surface area is 109 Å². The number of benzene rings is 1. The summed E-state index contributed by atoms with van der Waals surface area (Å²) in [7, 11) is -4.55. The summed E-state index contributed by atoms with van der Waals surface area (Å²) in [4.78, 5) is 28.8. The van der Waals surface area contributed by atoms with Crippen LogP contribution in [0.3, 0.4) is 0 Å². The Bertz CT molecular complexity index is 533. The van der Waals surface area contributed by atoms with Gasteiger partial charge in [-0.05, 0) is 17.5 Å². The molecule has 104 valence electrons. The molecule has 0 spiro atoms. The fourth-order valence-corrected chi connectivity index (χ4v) is 1.55.